The van der Waals surface area contributed by atoms with Gasteiger partial charge in [-0.05, 0) is 98.7 Å². The van der Waals surface area contributed by atoms with E-state index < -0.39 is 5.79 Å². The fourth-order valence-electron chi connectivity index (χ4n) is 11.4. The topological polar surface area (TPSA) is 158 Å². The summed E-state index contributed by atoms with van der Waals surface area (Å²) in [6, 6.07) is 20.9. The van der Waals surface area contributed by atoms with Gasteiger partial charge in [-0.25, -0.2) is 9.18 Å². The fraction of sp³-hybridized carbons (Fsp3) is 0.469. The summed E-state index contributed by atoms with van der Waals surface area (Å²) in [6.07, 6.45) is 8.21. The van der Waals surface area contributed by atoms with Crippen LogP contribution in [0.1, 0.15) is 56.6 Å². The molecule has 0 aliphatic carbocycles. The predicted molar refractivity (Wildman–Crippen MR) is 248 cm³/mol. The van der Waals surface area contributed by atoms with Gasteiger partial charge in [-0.1, -0.05) is 12.1 Å². The Kier molecular flexibility index (Phi) is 10.8. The van der Waals surface area contributed by atoms with Crippen molar-refractivity contribution >= 4 is 51.4 Å². The largest absolute Gasteiger partial charge is 0.507 e. The van der Waals surface area contributed by atoms with Gasteiger partial charge in [-0.15, -0.1) is 10.2 Å². The Bertz CT molecular complexity index is 2600. The molecule has 15 nitrogen and oxygen atoms in total. The molecule has 2 aromatic heterocycles. The lowest BCUT2D eigenvalue weighted by molar-refractivity contribution is -0.295. The van der Waals surface area contributed by atoms with Crippen molar-refractivity contribution in [1.29, 1.82) is 0 Å². The number of phenolic OH excluding ortho intramolecular Hbond substituents is 1. The maximum absolute atomic E-state index is 15.6. The summed E-state index contributed by atoms with van der Waals surface area (Å²) in [6.45, 7) is 9.63. The number of nitrogen functional groups attached to an aromatic ring is 1. The number of benzene rings is 3. The molecule has 3 aromatic carbocycles. The molecule has 2 bridgehead atoms. The quantitative estimate of drug-likeness (QED) is 0.157. The number of amides is 3. The number of ether oxygens (including phenoxy) is 2. The first-order chi connectivity index (χ1) is 31.6. The van der Waals surface area contributed by atoms with Gasteiger partial charge >= 0.3 is 6.03 Å². The Morgan fingerprint density at radius 2 is 1.57 bits per heavy atom. The number of fused-ring (bicyclic) bond motifs is 3. The highest BCUT2D eigenvalue weighted by atomic mass is 19.1. The summed E-state index contributed by atoms with van der Waals surface area (Å²) in [5, 5.41) is 22.5. The van der Waals surface area contributed by atoms with Crippen molar-refractivity contribution in [3.8, 4) is 17.0 Å². The van der Waals surface area contributed by atoms with E-state index in [1.54, 1.807) is 23.1 Å². The minimum Gasteiger partial charge on any atom is -0.507 e. The monoisotopic (exact) mass is 884 g/mol. The van der Waals surface area contributed by atoms with Crippen molar-refractivity contribution in [3.05, 3.63) is 84.3 Å². The number of piperidine rings is 2. The fourth-order valence-corrected chi connectivity index (χ4v) is 11.4. The molecule has 0 saturated carbocycles. The Morgan fingerprint density at radius 3 is 2.31 bits per heavy atom. The third-order valence-corrected chi connectivity index (χ3v) is 15.0. The number of hydrogen-bond acceptors (Lipinski definition) is 12. The molecular weight excluding hydrogens is 828 g/mol. The molecule has 65 heavy (non-hydrogen) atoms. The third kappa shape index (κ3) is 7.88. The lowest BCUT2D eigenvalue weighted by atomic mass is 9.94. The maximum Gasteiger partial charge on any atom is 0.328 e. The van der Waals surface area contributed by atoms with Crippen molar-refractivity contribution in [1.82, 2.24) is 25.0 Å². The van der Waals surface area contributed by atoms with Crippen LogP contribution in [0.2, 0.25) is 0 Å². The minimum atomic E-state index is -0.560. The zero-order chi connectivity index (χ0) is 44.4. The van der Waals surface area contributed by atoms with Crippen LogP contribution in [0, 0.1) is 18.7 Å². The molecule has 0 radical (unpaired) electrons. The zero-order valence-corrected chi connectivity index (χ0v) is 36.9. The molecule has 2 unspecified atom stereocenters. The summed E-state index contributed by atoms with van der Waals surface area (Å²) in [5.41, 5.74) is 13.2. The number of nitrogens with zero attached hydrogens (tertiary/aromatic N) is 8. The van der Waals surface area contributed by atoms with Crippen molar-refractivity contribution < 1.29 is 28.6 Å². The van der Waals surface area contributed by atoms with Crippen LogP contribution in [0.4, 0.5) is 37.8 Å². The van der Waals surface area contributed by atoms with Crippen LogP contribution < -0.4 is 30.7 Å². The number of nitrogens with one attached hydrogen (secondary N) is 1. The van der Waals surface area contributed by atoms with Crippen LogP contribution in [0.25, 0.3) is 22.2 Å². The van der Waals surface area contributed by atoms with Gasteiger partial charge < -0.3 is 44.5 Å². The number of carbonyl (C=O) groups excluding carboxylic acids is 2. The van der Waals surface area contributed by atoms with Crippen molar-refractivity contribution in [2.45, 2.75) is 75.8 Å². The van der Waals surface area contributed by atoms with Gasteiger partial charge in [0.15, 0.2) is 11.6 Å². The maximum atomic E-state index is 15.6. The molecule has 4 N–H and O–H groups in total. The summed E-state index contributed by atoms with van der Waals surface area (Å²) in [7, 11) is 0. The van der Waals surface area contributed by atoms with E-state index in [0.29, 0.717) is 48.4 Å². The second-order valence-corrected chi connectivity index (χ2v) is 18.9. The third-order valence-electron chi connectivity index (χ3n) is 15.0. The Morgan fingerprint density at radius 1 is 0.831 bits per heavy atom. The number of halogens is 1. The number of aryl methyl sites for hydroxylation is 1. The van der Waals surface area contributed by atoms with Crippen molar-refractivity contribution in [3.63, 3.8) is 0 Å². The van der Waals surface area contributed by atoms with Gasteiger partial charge in [-0.2, -0.15) is 0 Å². The zero-order valence-electron chi connectivity index (χ0n) is 36.9. The number of hydrogen-bond donors (Lipinski definition) is 3. The molecule has 1 spiro atoms. The van der Waals surface area contributed by atoms with Crippen LogP contribution in [0.5, 0.6) is 5.75 Å². The van der Waals surface area contributed by atoms with E-state index in [9.17, 15) is 14.7 Å². The van der Waals surface area contributed by atoms with Gasteiger partial charge in [0.05, 0.1) is 36.3 Å². The number of para-hydroxylation sites is 1. The predicted octanol–water partition coefficient (Wildman–Crippen LogP) is 6.43. The second kappa shape index (κ2) is 16.8. The lowest BCUT2D eigenvalue weighted by Crippen LogP contribution is -2.54. The summed E-state index contributed by atoms with van der Waals surface area (Å²) >= 11 is 0. The Balaban J connectivity index is 0.668. The summed E-state index contributed by atoms with van der Waals surface area (Å²) in [4.78, 5) is 35.4. The van der Waals surface area contributed by atoms with Gasteiger partial charge in [0.1, 0.15) is 11.6 Å². The molecule has 6 fully saturated rings. The van der Waals surface area contributed by atoms with Gasteiger partial charge in [-0.3, -0.25) is 15.0 Å². The number of piperazine rings is 1. The van der Waals surface area contributed by atoms with Crippen LogP contribution >= 0.6 is 0 Å². The van der Waals surface area contributed by atoms with Crippen LogP contribution in [0.3, 0.4) is 0 Å². The number of likely N-dealkylation sites (tertiary alicyclic amines) is 1. The molecule has 3 amide bonds. The molecule has 16 heteroatoms. The number of urea groups is 1. The van der Waals surface area contributed by atoms with E-state index in [0.717, 1.165) is 118 Å². The van der Waals surface area contributed by atoms with E-state index in [-0.39, 0.29) is 48.1 Å². The van der Waals surface area contributed by atoms with E-state index in [1.807, 2.05) is 42.5 Å². The van der Waals surface area contributed by atoms with Crippen LogP contribution in [-0.4, -0.2) is 120 Å². The Hall–Kier alpha value is -5.97. The number of imide groups is 1. The number of carbonyl (C=O) groups is 2. The minimum absolute atomic E-state index is 0.0367. The number of phenols is 1. The van der Waals surface area contributed by atoms with E-state index in [4.69, 9.17) is 15.2 Å². The molecule has 6 aliphatic rings. The van der Waals surface area contributed by atoms with Crippen molar-refractivity contribution in [2.75, 3.05) is 90.9 Å². The molecule has 5 aromatic rings. The molecule has 11 rings (SSSR count). The molecule has 2 atom stereocenters. The first kappa shape index (κ1) is 41.7. The van der Waals surface area contributed by atoms with E-state index >= 15 is 4.39 Å². The van der Waals surface area contributed by atoms with Gasteiger partial charge in [0.2, 0.25) is 5.91 Å². The SMILES string of the molecule is Cc1cn(C2COC3(CCN(CC4CCN(c5cc(N6C7CCC6CN(c6cc(-c8ccccc8O)nnc6N)C7)ccc5F)CC4)CC3)OC2)c2ccc(N3CCC(=O)NC3=O)cc12. The van der Waals surface area contributed by atoms with E-state index in [2.05, 4.69) is 58.9 Å². The molecule has 6 saturated heterocycles. The van der Waals surface area contributed by atoms with Crippen LogP contribution in [-0.2, 0) is 14.3 Å². The smallest absolute Gasteiger partial charge is 0.328 e. The van der Waals surface area contributed by atoms with Crippen LogP contribution in [0.15, 0.2) is 72.9 Å². The van der Waals surface area contributed by atoms with E-state index in [1.165, 1.54) is 0 Å². The molecule has 8 heterocycles. The highest BCUT2D eigenvalue weighted by Crippen LogP contribution is 2.42. The highest BCUT2D eigenvalue weighted by Gasteiger charge is 2.43. The lowest BCUT2D eigenvalue weighted by Gasteiger charge is -2.46. The first-order valence-electron chi connectivity index (χ1n) is 23.3. The molecular formula is C49H57FN10O5. The average molecular weight is 885 g/mol. The number of rotatable bonds is 8. The second-order valence-electron chi connectivity index (χ2n) is 18.9. The number of nitrogens with two attached hydrogens (primary N) is 1. The van der Waals surface area contributed by atoms with Gasteiger partial charge in [0.25, 0.3) is 0 Å². The summed E-state index contributed by atoms with van der Waals surface area (Å²) in [5.74, 6) is 0.106. The number of aromatic nitrogens is 3. The number of aromatic hydroxyl groups is 1. The standard InChI is InChI=1S/C49H57FN10O5/c1-31-25-59(42-11-9-33(22-39(31)42)58-19-14-46(62)52-48(58)63)37-29-64-49(65-30-37)15-20-55(21-16-49)26-32-12-17-56(18-13-32)43-23-34(8-10-40(43)50)60-35-6-7-36(60)28-57(27-35)44-24-41(53-54-47(44)51)38-4-2-3-5-45(38)61/h2-5,8-11,22-25,32,35-37,61H,6-7,12-21,26-30H2,1H3,(H2,51,54)(H,52,62,63). The molecule has 6 aliphatic heterocycles. The van der Waals surface area contributed by atoms with Gasteiger partial charge in [0, 0.05) is 118 Å². The normalized spacial score (nSPS) is 23.2. The summed E-state index contributed by atoms with van der Waals surface area (Å²) < 4.78 is 31.0. The number of anilines is 5. The average Bonchev–Trinajstić information content (AvgIpc) is 3.78. The Labute approximate surface area is 377 Å². The first-order valence-corrected chi connectivity index (χ1v) is 23.3. The molecule has 340 valence electrons. The van der Waals surface area contributed by atoms with Crippen molar-refractivity contribution in [2.24, 2.45) is 5.92 Å². The highest BCUT2D eigenvalue weighted by molar-refractivity contribution is 6.06.